The van der Waals surface area contributed by atoms with Gasteiger partial charge in [0.15, 0.2) is 0 Å². The highest BCUT2D eigenvalue weighted by molar-refractivity contribution is 5.87. The third kappa shape index (κ3) is 1.83. The van der Waals surface area contributed by atoms with Crippen LogP contribution < -0.4 is 5.73 Å². The van der Waals surface area contributed by atoms with Crippen LogP contribution in [0.15, 0.2) is 18.3 Å². The van der Waals surface area contributed by atoms with Crippen LogP contribution in [-0.4, -0.2) is 41.1 Å². The summed E-state index contributed by atoms with van der Waals surface area (Å²) in [6.45, 7) is 1.73. The van der Waals surface area contributed by atoms with Crippen LogP contribution in [0.4, 0.5) is 0 Å². The summed E-state index contributed by atoms with van der Waals surface area (Å²) >= 11 is 0. The van der Waals surface area contributed by atoms with Gasteiger partial charge in [0, 0.05) is 25.0 Å². The lowest BCUT2D eigenvalue weighted by Gasteiger charge is -2.31. The first-order valence-corrected chi connectivity index (χ1v) is 6.52. The standard InChI is InChI=1S/C13H19N3O2/c14-13(5-8-18-9-13)12(17)16-7-2-4-11(16)10-3-1-6-15-10/h1,3,6,11,15H,2,4-5,7-9,14H2. The van der Waals surface area contributed by atoms with Gasteiger partial charge in [-0.05, 0) is 31.4 Å². The van der Waals surface area contributed by atoms with E-state index in [4.69, 9.17) is 10.5 Å². The van der Waals surface area contributed by atoms with Gasteiger partial charge in [-0.2, -0.15) is 0 Å². The minimum absolute atomic E-state index is 0.0390. The first-order valence-electron chi connectivity index (χ1n) is 6.52. The number of rotatable bonds is 2. The average molecular weight is 249 g/mol. The highest BCUT2D eigenvalue weighted by Crippen LogP contribution is 2.33. The smallest absolute Gasteiger partial charge is 0.245 e. The molecule has 1 amide bonds. The lowest BCUT2D eigenvalue weighted by molar-refractivity contribution is -0.138. The second-order valence-corrected chi connectivity index (χ2v) is 5.24. The quantitative estimate of drug-likeness (QED) is 0.814. The third-order valence-corrected chi connectivity index (χ3v) is 3.97. The van der Waals surface area contributed by atoms with Crippen LogP contribution in [0.2, 0.25) is 0 Å². The molecule has 5 nitrogen and oxygen atoms in total. The van der Waals surface area contributed by atoms with Gasteiger partial charge in [-0.25, -0.2) is 0 Å². The molecule has 0 bridgehead atoms. The topological polar surface area (TPSA) is 71.4 Å². The number of nitrogens with zero attached hydrogens (tertiary/aromatic N) is 1. The molecule has 1 aromatic heterocycles. The Morgan fingerprint density at radius 2 is 2.50 bits per heavy atom. The van der Waals surface area contributed by atoms with Crippen LogP contribution >= 0.6 is 0 Å². The fourth-order valence-electron chi connectivity index (χ4n) is 2.92. The van der Waals surface area contributed by atoms with Crippen molar-refractivity contribution in [3.63, 3.8) is 0 Å². The third-order valence-electron chi connectivity index (χ3n) is 3.97. The van der Waals surface area contributed by atoms with E-state index >= 15 is 0 Å². The van der Waals surface area contributed by atoms with Crippen molar-refractivity contribution in [2.75, 3.05) is 19.8 Å². The van der Waals surface area contributed by atoms with E-state index in [0.717, 1.165) is 25.1 Å². The molecule has 3 N–H and O–H groups in total. The molecule has 5 heteroatoms. The number of aromatic nitrogens is 1. The largest absolute Gasteiger partial charge is 0.379 e. The Bertz CT molecular complexity index is 423. The zero-order chi connectivity index (χ0) is 12.6. The number of hydrogen-bond acceptors (Lipinski definition) is 3. The maximum atomic E-state index is 12.6. The number of aromatic amines is 1. The number of carbonyl (C=O) groups excluding carboxylic acids is 1. The Morgan fingerprint density at radius 1 is 1.61 bits per heavy atom. The number of amides is 1. The van der Waals surface area contributed by atoms with Gasteiger partial charge in [0.05, 0.1) is 12.6 Å². The molecule has 0 aromatic carbocycles. The molecule has 2 fully saturated rings. The highest BCUT2D eigenvalue weighted by atomic mass is 16.5. The molecule has 3 heterocycles. The number of H-pyrrole nitrogens is 1. The van der Waals surface area contributed by atoms with Gasteiger partial charge in [-0.15, -0.1) is 0 Å². The number of nitrogens with one attached hydrogen (secondary N) is 1. The second kappa shape index (κ2) is 4.40. The van der Waals surface area contributed by atoms with E-state index in [0.29, 0.717) is 19.6 Å². The lowest BCUT2D eigenvalue weighted by atomic mass is 9.97. The van der Waals surface area contributed by atoms with Gasteiger partial charge in [0.2, 0.25) is 5.91 Å². The SMILES string of the molecule is NC1(C(=O)N2CCCC2c2ccc[nH]2)CCOC1. The van der Waals surface area contributed by atoms with Crippen molar-refractivity contribution in [3.05, 3.63) is 24.0 Å². The number of carbonyl (C=O) groups is 1. The van der Waals surface area contributed by atoms with E-state index in [1.165, 1.54) is 0 Å². The van der Waals surface area contributed by atoms with E-state index in [2.05, 4.69) is 4.98 Å². The van der Waals surface area contributed by atoms with Gasteiger partial charge in [0.1, 0.15) is 5.54 Å². The summed E-state index contributed by atoms with van der Waals surface area (Å²) in [5.74, 6) is 0.0390. The molecule has 18 heavy (non-hydrogen) atoms. The van der Waals surface area contributed by atoms with Gasteiger partial charge in [-0.3, -0.25) is 4.79 Å². The van der Waals surface area contributed by atoms with Crippen LogP contribution in [-0.2, 0) is 9.53 Å². The molecule has 98 valence electrons. The predicted octanol–water partition coefficient (Wildman–Crippen LogP) is 0.796. The Kier molecular flexibility index (Phi) is 2.87. The van der Waals surface area contributed by atoms with E-state index in [-0.39, 0.29) is 11.9 Å². The van der Waals surface area contributed by atoms with Crippen LogP contribution in [0.5, 0.6) is 0 Å². The molecular formula is C13H19N3O2. The molecule has 2 aliphatic rings. The molecule has 2 saturated heterocycles. The summed E-state index contributed by atoms with van der Waals surface area (Å²) in [6.07, 6.45) is 4.56. The summed E-state index contributed by atoms with van der Waals surface area (Å²) in [5.41, 5.74) is 6.46. The Balaban J connectivity index is 1.80. The first-order chi connectivity index (χ1) is 8.71. The zero-order valence-corrected chi connectivity index (χ0v) is 10.4. The van der Waals surface area contributed by atoms with Crippen LogP contribution in [0.1, 0.15) is 31.0 Å². The minimum atomic E-state index is -0.810. The molecule has 2 unspecified atom stereocenters. The normalized spacial score (nSPS) is 32.1. The van der Waals surface area contributed by atoms with Crippen molar-refractivity contribution < 1.29 is 9.53 Å². The van der Waals surface area contributed by atoms with Crippen molar-refractivity contribution in [2.24, 2.45) is 5.73 Å². The predicted molar refractivity (Wildman–Crippen MR) is 66.8 cm³/mol. The number of hydrogen-bond donors (Lipinski definition) is 2. The Labute approximate surface area is 106 Å². The van der Waals surface area contributed by atoms with Crippen LogP contribution in [0.25, 0.3) is 0 Å². The molecule has 2 atom stereocenters. The minimum Gasteiger partial charge on any atom is -0.379 e. The van der Waals surface area contributed by atoms with Gasteiger partial charge < -0.3 is 20.4 Å². The molecule has 2 aliphatic heterocycles. The van der Waals surface area contributed by atoms with Crippen molar-refractivity contribution in [1.82, 2.24) is 9.88 Å². The van der Waals surface area contributed by atoms with Crippen LogP contribution in [0.3, 0.4) is 0 Å². The second-order valence-electron chi connectivity index (χ2n) is 5.24. The summed E-state index contributed by atoms with van der Waals surface area (Å²) in [4.78, 5) is 17.7. The number of nitrogens with two attached hydrogens (primary N) is 1. The van der Waals surface area contributed by atoms with Crippen molar-refractivity contribution >= 4 is 5.91 Å². The Hall–Kier alpha value is -1.33. The molecule has 1 aromatic rings. The van der Waals surface area contributed by atoms with Crippen LogP contribution in [0, 0.1) is 0 Å². The molecule has 0 aliphatic carbocycles. The molecule has 0 radical (unpaired) electrons. The lowest BCUT2D eigenvalue weighted by Crippen LogP contribution is -2.55. The average Bonchev–Trinajstić information content (AvgIpc) is 3.09. The highest BCUT2D eigenvalue weighted by Gasteiger charge is 2.44. The monoisotopic (exact) mass is 249 g/mol. The zero-order valence-electron chi connectivity index (χ0n) is 10.4. The fraction of sp³-hybridized carbons (Fsp3) is 0.615. The van der Waals surface area contributed by atoms with E-state index in [1.807, 2.05) is 23.2 Å². The van der Waals surface area contributed by atoms with Gasteiger partial charge in [0.25, 0.3) is 0 Å². The number of ether oxygens (including phenoxy) is 1. The summed E-state index contributed by atoms with van der Waals surface area (Å²) in [5, 5.41) is 0. The van der Waals surface area contributed by atoms with Crippen molar-refractivity contribution in [3.8, 4) is 0 Å². The fourth-order valence-corrected chi connectivity index (χ4v) is 2.92. The van der Waals surface area contributed by atoms with E-state index < -0.39 is 5.54 Å². The van der Waals surface area contributed by atoms with E-state index in [1.54, 1.807) is 0 Å². The van der Waals surface area contributed by atoms with Gasteiger partial charge >= 0.3 is 0 Å². The molecular weight excluding hydrogens is 230 g/mol. The van der Waals surface area contributed by atoms with Gasteiger partial charge in [-0.1, -0.05) is 0 Å². The molecule has 0 saturated carbocycles. The summed E-state index contributed by atoms with van der Waals surface area (Å²) in [6, 6.07) is 4.14. The summed E-state index contributed by atoms with van der Waals surface area (Å²) < 4.78 is 5.29. The maximum Gasteiger partial charge on any atom is 0.245 e. The first kappa shape index (κ1) is 11.7. The molecule has 3 rings (SSSR count). The van der Waals surface area contributed by atoms with Crippen molar-refractivity contribution in [2.45, 2.75) is 30.8 Å². The maximum absolute atomic E-state index is 12.6. The summed E-state index contributed by atoms with van der Waals surface area (Å²) in [7, 11) is 0. The van der Waals surface area contributed by atoms with E-state index in [9.17, 15) is 4.79 Å². The Morgan fingerprint density at radius 3 is 3.17 bits per heavy atom. The number of likely N-dealkylation sites (tertiary alicyclic amines) is 1. The van der Waals surface area contributed by atoms with Crippen molar-refractivity contribution in [1.29, 1.82) is 0 Å². The molecule has 0 spiro atoms.